The molecule has 3 heteroatoms. The van der Waals surface area contributed by atoms with Gasteiger partial charge >= 0.3 is 0 Å². The predicted octanol–water partition coefficient (Wildman–Crippen LogP) is 2.61. The van der Waals surface area contributed by atoms with Gasteiger partial charge in [-0.25, -0.2) is 0 Å². The maximum atomic E-state index is 5.80. The summed E-state index contributed by atoms with van der Waals surface area (Å²) >= 11 is 3.46. The highest BCUT2D eigenvalue weighted by Gasteiger charge is 2.22. The largest absolute Gasteiger partial charge is 0.397 e. The highest BCUT2D eigenvalue weighted by atomic mass is 79.9. The van der Waals surface area contributed by atoms with Crippen LogP contribution in [0.5, 0.6) is 0 Å². The summed E-state index contributed by atoms with van der Waals surface area (Å²) in [5.74, 6) is 0. The van der Waals surface area contributed by atoms with Gasteiger partial charge < -0.3 is 11.1 Å². The number of hydrogen-bond donors (Lipinski definition) is 2. The highest BCUT2D eigenvalue weighted by Crippen LogP contribution is 2.33. The van der Waals surface area contributed by atoms with Gasteiger partial charge in [-0.1, -0.05) is 6.07 Å². The fraction of sp³-hybridized carbons (Fsp3) is 0.333. The van der Waals surface area contributed by atoms with Crippen LogP contribution in [0.15, 0.2) is 22.7 Å². The number of nitrogens with one attached hydrogen (secondary N) is 1. The second-order valence-corrected chi connectivity index (χ2v) is 3.98. The van der Waals surface area contributed by atoms with Gasteiger partial charge in [0.15, 0.2) is 0 Å². The van der Waals surface area contributed by atoms with E-state index in [9.17, 15) is 0 Å². The van der Waals surface area contributed by atoms with Crippen molar-refractivity contribution in [3.63, 3.8) is 0 Å². The second kappa shape index (κ2) is 2.98. The first-order valence-electron chi connectivity index (χ1n) is 4.08. The van der Waals surface area contributed by atoms with Crippen LogP contribution in [-0.2, 0) is 0 Å². The Balaban J connectivity index is 2.26. The fourth-order valence-electron chi connectivity index (χ4n) is 1.12. The molecule has 0 atom stereocenters. The van der Waals surface area contributed by atoms with Crippen LogP contribution in [0.3, 0.4) is 0 Å². The second-order valence-electron chi connectivity index (χ2n) is 3.12. The van der Waals surface area contributed by atoms with Crippen molar-refractivity contribution in [3.8, 4) is 0 Å². The zero-order chi connectivity index (χ0) is 8.55. The molecule has 0 bridgehead atoms. The molecule has 0 aliphatic heterocycles. The SMILES string of the molecule is Nc1cccc(Br)c1NC1CC1. The Hall–Kier alpha value is -0.700. The molecule has 0 saturated heterocycles. The molecule has 64 valence electrons. The Kier molecular flexibility index (Phi) is 1.97. The van der Waals surface area contributed by atoms with Crippen molar-refractivity contribution in [3.05, 3.63) is 22.7 Å². The lowest BCUT2D eigenvalue weighted by Crippen LogP contribution is -2.04. The molecule has 0 aromatic heterocycles. The Bertz CT molecular complexity index is 274. The molecule has 1 saturated carbocycles. The van der Waals surface area contributed by atoms with E-state index in [1.54, 1.807) is 0 Å². The molecule has 12 heavy (non-hydrogen) atoms. The maximum Gasteiger partial charge on any atom is 0.0720 e. The van der Waals surface area contributed by atoms with Gasteiger partial charge in [0.2, 0.25) is 0 Å². The van der Waals surface area contributed by atoms with Crippen LogP contribution in [0.4, 0.5) is 11.4 Å². The van der Waals surface area contributed by atoms with Gasteiger partial charge in [0, 0.05) is 10.5 Å². The molecule has 1 aromatic carbocycles. The molecule has 0 spiro atoms. The first-order valence-corrected chi connectivity index (χ1v) is 4.87. The molecule has 0 heterocycles. The lowest BCUT2D eigenvalue weighted by atomic mass is 10.2. The summed E-state index contributed by atoms with van der Waals surface area (Å²) in [6.45, 7) is 0. The van der Waals surface area contributed by atoms with E-state index in [0.717, 1.165) is 15.8 Å². The third-order valence-electron chi connectivity index (χ3n) is 1.97. The third kappa shape index (κ3) is 1.55. The van der Waals surface area contributed by atoms with Crippen LogP contribution in [0.2, 0.25) is 0 Å². The van der Waals surface area contributed by atoms with E-state index in [-0.39, 0.29) is 0 Å². The Morgan fingerprint density at radius 3 is 2.75 bits per heavy atom. The van der Waals surface area contributed by atoms with Crippen LogP contribution >= 0.6 is 15.9 Å². The monoisotopic (exact) mass is 226 g/mol. The molecule has 2 nitrogen and oxygen atoms in total. The predicted molar refractivity (Wildman–Crippen MR) is 55.2 cm³/mol. The molecule has 1 aliphatic carbocycles. The summed E-state index contributed by atoms with van der Waals surface area (Å²) in [6, 6.07) is 6.50. The number of anilines is 2. The molecule has 3 N–H and O–H groups in total. The lowest BCUT2D eigenvalue weighted by Gasteiger charge is -2.09. The quantitative estimate of drug-likeness (QED) is 0.762. The van der Waals surface area contributed by atoms with Crippen molar-refractivity contribution in [2.24, 2.45) is 0 Å². The van der Waals surface area contributed by atoms with E-state index in [4.69, 9.17) is 5.73 Å². The Morgan fingerprint density at radius 2 is 2.17 bits per heavy atom. The van der Waals surface area contributed by atoms with Crippen molar-refractivity contribution >= 4 is 27.3 Å². The van der Waals surface area contributed by atoms with Crippen molar-refractivity contribution in [2.75, 3.05) is 11.1 Å². The third-order valence-corrected chi connectivity index (χ3v) is 2.63. The van der Waals surface area contributed by atoms with Crippen molar-refractivity contribution in [1.82, 2.24) is 0 Å². The Morgan fingerprint density at radius 1 is 1.42 bits per heavy atom. The van der Waals surface area contributed by atoms with Gasteiger partial charge in [0.1, 0.15) is 0 Å². The number of hydrogen-bond acceptors (Lipinski definition) is 2. The first-order chi connectivity index (χ1) is 5.77. The summed E-state index contributed by atoms with van der Waals surface area (Å²) in [4.78, 5) is 0. The molecule has 2 rings (SSSR count). The number of nitrogen functional groups attached to an aromatic ring is 1. The van der Waals surface area contributed by atoms with E-state index in [2.05, 4.69) is 21.2 Å². The maximum absolute atomic E-state index is 5.80. The minimum atomic E-state index is 0.644. The molecule has 1 aliphatic rings. The van der Waals surface area contributed by atoms with Gasteiger partial charge in [-0.3, -0.25) is 0 Å². The van der Waals surface area contributed by atoms with Gasteiger partial charge in [0.05, 0.1) is 11.4 Å². The van der Waals surface area contributed by atoms with Crippen molar-refractivity contribution in [1.29, 1.82) is 0 Å². The van der Waals surface area contributed by atoms with Crippen LogP contribution in [-0.4, -0.2) is 6.04 Å². The topological polar surface area (TPSA) is 38.0 Å². The van der Waals surface area contributed by atoms with Crippen molar-refractivity contribution < 1.29 is 0 Å². The number of nitrogens with two attached hydrogens (primary N) is 1. The summed E-state index contributed by atoms with van der Waals surface area (Å²) in [7, 11) is 0. The van der Waals surface area contributed by atoms with Gasteiger partial charge in [-0.15, -0.1) is 0 Å². The minimum Gasteiger partial charge on any atom is -0.397 e. The van der Waals surface area contributed by atoms with Gasteiger partial charge in [-0.2, -0.15) is 0 Å². The summed E-state index contributed by atoms with van der Waals surface area (Å²) in [5, 5.41) is 3.38. The summed E-state index contributed by atoms with van der Waals surface area (Å²) in [6.07, 6.45) is 2.53. The van der Waals surface area contributed by atoms with Gasteiger partial charge in [-0.05, 0) is 40.9 Å². The van der Waals surface area contributed by atoms with E-state index < -0.39 is 0 Å². The molecule has 1 aromatic rings. The van der Waals surface area contributed by atoms with E-state index >= 15 is 0 Å². The van der Waals surface area contributed by atoms with Crippen LogP contribution in [0.1, 0.15) is 12.8 Å². The molecular formula is C9H11BrN2. The molecule has 0 amide bonds. The average molecular weight is 227 g/mol. The number of rotatable bonds is 2. The summed E-state index contributed by atoms with van der Waals surface area (Å²) < 4.78 is 1.05. The first kappa shape index (κ1) is 7.92. The van der Waals surface area contributed by atoms with Crippen LogP contribution in [0, 0.1) is 0 Å². The van der Waals surface area contributed by atoms with E-state index in [0.29, 0.717) is 6.04 Å². The van der Waals surface area contributed by atoms with E-state index in [1.165, 1.54) is 12.8 Å². The summed E-state index contributed by atoms with van der Waals surface area (Å²) in [5.41, 5.74) is 7.66. The smallest absolute Gasteiger partial charge is 0.0720 e. The normalized spacial score (nSPS) is 16.1. The molecule has 0 unspecified atom stereocenters. The minimum absolute atomic E-state index is 0.644. The zero-order valence-corrected chi connectivity index (χ0v) is 8.26. The molecule has 1 fully saturated rings. The average Bonchev–Trinajstić information content (AvgIpc) is 2.80. The number of para-hydroxylation sites is 1. The number of halogens is 1. The van der Waals surface area contributed by atoms with Crippen LogP contribution in [0.25, 0.3) is 0 Å². The zero-order valence-electron chi connectivity index (χ0n) is 6.68. The Labute approximate surface area is 80.3 Å². The number of benzene rings is 1. The molecular weight excluding hydrogens is 216 g/mol. The lowest BCUT2D eigenvalue weighted by molar-refractivity contribution is 1.15. The van der Waals surface area contributed by atoms with E-state index in [1.807, 2.05) is 18.2 Å². The van der Waals surface area contributed by atoms with Gasteiger partial charge in [0.25, 0.3) is 0 Å². The standard InChI is InChI=1S/C9H11BrN2/c10-7-2-1-3-8(11)9(7)12-6-4-5-6/h1-3,6,12H,4-5,11H2. The van der Waals surface area contributed by atoms with Crippen LogP contribution < -0.4 is 11.1 Å². The molecule has 0 radical (unpaired) electrons. The highest BCUT2D eigenvalue weighted by molar-refractivity contribution is 9.10. The van der Waals surface area contributed by atoms with Crippen molar-refractivity contribution in [2.45, 2.75) is 18.9 Å². The fourth-order valence-corrected chi connectivity index (χ4v) is 1.62.